The van der Waals surface area contributed by atoms with Crippen molar-refractivity contribution in [3.63, 3.8) is 0 Å². The zero-order chi connectivity index (χ0) is 20.4. The lowest BCUT2D eigenvalue weighted by molar-refractivity contribution is 0.102. The molecular formula is C23H15ClFNO3. The molecule has 0 aliphatic rings. The van der Waals surface area contributed by atoms with Gasteiger partial charge in [-0.05, 0) is 53.9 Å². The molecule has 0 saturated carbocycles. The maximum absolute atomic E-state index is 13.8. The number of fused-ring (bicyclic) bond motifs is 1. The van der Waals surface area contributed by atoms with Gasteiger partial charge in [-0.3, -0.25) is 4.79 Å². The molecule has 0 atom stereocenters. The average molecular weight is 408 g/mol. The fourth-order valence-electron chi connectivity index (χ4n) is 3.06. The van der Waals surface area contributed by atoms with Crippen LogP contribution in [0.3, 0.4) is 0 Å². The van der Waals surface area contributed by atoms with E-state index in [4.69, 9.17) is 16.0 Å². The Morgan fingerprint density at radius 1 is 1.00 bits per heavy atom. The quantitative estimate of drug-likeness (QED) is 0.459. The van der Waals surface area contributed by atoms with Crippen LogP contribution in [0, 0.1) is 5.82 Å². The van der Waals surface area contributed by atoms with Gasteiger partial charge in [0.05, 0.1) is 5.69 Å². The number of nitrogens with one attached hydrogen (secondary N) is 1. The lowest BCUT2D eigenvalue weighted by Crippen LogP contribution is -2.21. The molecule has 29 heavy (non-hydrogen) atoms. The van der Waals surface area contributed by atoms with E-state index < -0.39 is 17.3 Å². The van der Waals surface area contributed by atoms with Gasteiger partial charge in [-0.2, -0.15) is 0 Å². The first-order chi connectivity index (χ1) is 14.0. The third-order valence-electron chi connectivity index (χ3n) is 4.52. The van der Waals surface area contributed by atoms with E-state index in [-0.39, 0.29) is 11.3 Å². The summed E-state index contributed by atoms with van der Waals surface area (Å²) >= 11 is 6.23. The number of carbonyl (C=O) groups excluding carboxylic acids is 1. The van der Waals surface area contributed by atoms with Crippen molar-refractivity contribution >= 4 is 34.2 Å². The number of hydrogen-bond donors (Lipinski definition) is 1. The Kier molecular flexibility index (Phi) is 5.14. The summed E-state index contributed by atoms with van der Waals surface area (Å²) in [6.07, 6.45) is 0.589. The number of halogens is 2. The minimum atomic E-state index is -0.787. The van der Waals surface area contributed by atoms with E-state index in [1.165, 1.54) is 24.3 Å². The smallest absolute Gasteiger partial charge is 0.349 e. The molecule has 4 rings (SSSR count). The third kappa shape index (κ3) is 4.05. The normalized spacial score (nSPS) is 10.8. The summed E-state index contributed by atoms with van der Waals surface area (Å²) in [5.41, 5.74) is 1.27. The Hall–Kier alpha value is -3.44. The molecule has 1 aromatic heterocycles. The topological polar surface area (TPSA) is 59.3 Å². The van der Waals surface area contributed by atoms with Gasteiger partial charge in [0, 0.05) is 10.4 Å². The van der Waals surface area contributed by atoms with Crippen molar-refractivity contribution in [2.75, 3.05) is 5.32 Å². The SMILES string of the molecule is O=C(Nc1ccccc1F)c1cc2cc(Cc3ccccc3Cl)ccc2oc1=O. The summed E-state index contributed by atoms with van der Waals surface area (Å²) in [5.74, 6) is -1.32. The van der Waals surface area contributed by atoms with Crippen LogP contribution < -0.4 is 10.9 Å². The first-order valence-electron chi connectivity index (χ1n) is 8.87. The van der Waals surface area contributed by atoms with Gasteiger partial charge in [-0.25, -0.2) is 9.18 Å². The van der Waals surface area contributed by atoms with Crippen molar-refractivity contribution in [3.8, 4) is 0 Å². The highest BCUT2D eigenvalue weighted by atomic mass is 35.5. The molecule has 0 bridgehead atoms. The van der Waals surface area contributed by atoms with Crippen LogP contribution in [0.2, 0.25) is 5.02 Å². The van der Waals surface area contributed by atoms with Gasteiger partial charge in [0.15, 0.2) is 0 Å². The molecule has 4 aromatic rings. The van der Waals surface area contributed by atoms with Gasteiger partial charge in [-0.1, -0.05) is 48.0 Å². The molecule has 0 fully saturated rings. The highest BCUT2D eigenvalue weighted by Crippen LogP contribution is 2.22. The van der Waals surface area contributed by atoms with Gasteiger partial charge in [0.2, 0.25) is 0 Å². The summed E-state index contributed by atoms with van der Waals surface area (Å²) < 4.78 is 19.1. The predicted molar refractivity (Wildman–Crippen MR) is 111 cm³/mol. The van der Waals surface area contributed by atoms with Crippen molar-refractivity contribution in [3.05, 3.63) is 111 Å². The Balaban J connectivity index is 1.67. The molecule has 0 unspecified atom stereocenters. The first-order valence-corrected chi connectivity index (χ1v) is 9.25. The van der Waals surface area contributed by atoms with Crippen molar-refractivity contribution in [2.24, 2.45) is 0 Å². The number of carbonyl (C=O) groups is 1. The molecule has 6 heteroatoms. The fraction of sp³-hybridized carbons (Fsp3) is 0.0435. The van der Waals surface area contributed by atoms with E-state index in [2.05, 4.69) is 5.32 Å². The third-order valence-corrected chi connectivity index (χ3v) is 4.88. The number of amides is 1. The van der Waals surface area contributed by atoms with Crippen LogP contribution in [0.15, 0.2) is 82.0 Å². The van der Waals surface area contributed by atoms with Crippen molar-refractivity contribution in [2.45, 2.75) is 6.42 Å². The van der Waals surface area contributed by atoms with E-state index in [9.17, 15) is 14.0 Å². The minimum Gasteiger partial charge on any atom is -0.422 e. The van der Waals surface area contributed by atoms with Gasteiger partial charge in [0.1, 0.15) is 17.0 Å². The number of hydrogen-bond acceptors (Lipinski definition) is 3. The van der Waals surface area contributed by atoms with Crippen molar-refractivity contribution < 1.29 is 13.6 Å². The maximum atomic E-state index is 13.8. The molecule has 0 spiro atoms. The monoisotopic (exact) mass is 407 g/mol. The zero-order valence-corrected chi connectivity index (χ0v) is 15.9. The molecule has 3 aromatic carbocycles. The lowest BCUT2D eigenvalue weighted by Gasteiger charge is -2.08. The maximum Gasteiger partial charge on any atom is 0.349 e. The van der Waals surface area contributed by atoms with Crippen molar-refractivity contribution in [1.29, 1.82) is 0 Å². The van der Waals surface area contributed by atoms with Crippen LogP contribution in [-0.4, -0.2) is 5.91 Å². The molecule has 0 aliphatic heterocycles. The minimum absolute atomic E-state index is 0.00975. The molecule has 1 heterocycles. The molecule has 144 valence electrons. The standard InChI is InChI=1S/C23H15ClFNO3/c24-18-6-2-1-5-15(18)11-14-9-10-21-16(12-14)13-17(23(28)29-21)22(27)26-20-8-4-3-7-19(20)25/h1-10,12-13H,11H2,(H,26,27). The van der Waals surface area contributed by atoms with Gasteiger partial charge >= 0.3 is 5.63 Å². The highest BCUT2D eigenvalue weighted by molar-refractivity contribution is 6.31. The summed E-state index contributed by atoms with van der Waals surface area (Å²) in [6.45, 7) is 0. The van der Waals surface area contributed by atoms with E-state index in [1.807, 2.05) is 36.4 Å². The largest absolute Gasteiger partial charge is 0.422 e. The second kappa shape index (κ2) is 7.89. The predicted octanol–water partition coefficient (Wildman–Crippen LogP) is 5.43. The Morgan fingerprint density at radius 3 is 2.55 bits per heavy atom. The van der Waals surface area contributed by atoms with E-state index in [1.54, 1.807) is 12.1 Å². The second-order valence-electron chi connectivity index (χ2n) is 6.52. The van der Waals surface area contributed by atoms with Crippen molar-refractivity contribution in [1.82, 2.24) is 0 Å². The Morgan fingerprint density at radius 2 is 1.76 bits per heavy atom. The number of benzene rings is 3. The van der Waals surface area contributed by atoms with E-state index >= 15 is 0 Å². The summed E-state index contributed by atoms with van der Waals surface area (Å²) in [5, 5.41) is 3.66. The van der Waals surface area contributed by atoms with Crippen LogP contribution in [0.5, 0.6) is 0 Å². The van der Waals surface area contributed by atoms with Gasteiger partial charge < -0.3 is 9.73 Å². The molecule has 1 N–H and O–H groups in total. The number of rotatable bonds is 4. The van der Waals surface area contributed by atoms with Crippen LogP contribution in [0.1, 0.15) is 21.5 Å². The molecule has 0 saturated heterocycles. The molecule has 4 nitrogen and oxygen atoms in total. The molecular weight excluding hydrogens is 393 g/mol. The Labute approximate surface area is 170 Å². The summed E-state index contributed by atoms with van der Waals surface area (Å²) in [7, 11) is 0. The number of anilines is 1. The van der Waals surface area contributed by atoms with Gasteiger partial charge in [-0.15, -0.1) is 0 Å². The summed E-state index contributed by atoms with van der Waals surface area (Å²) in [6, 6.07) is 20.1. The number of para-hydroxylation sites is 1. The van der Waals surface area contributed by atoms with Gasteiger partial charge in [0.25, 0.3) is 5.91 Å². The van der Waals surface area contributed by atoms with Crippen LogP contribution in [0.4, 0.5) is 10.1 Å². The fourth-order valence-corrected chi connectivity index (χ4v) is 3.26. The Bertz CT molecular complexity index is 1280. The van der Waals surface area contributed by atoms with Crippen LogP contribution >= 0.6 is 11.6 Å². The second-order valence-corrected chi connectivity index (χ2v) is 6.93. The van der Waals surface area contributed by atoms with Crippen LogP contribution in [0.25, 0.3) is 11.0 Å². The highest BCUT2D eigenvalue weighted by Gasteiger charge is 2.16. The average Bonchev–Trinajstić information content (AvgIpc) is 2.71. The molecule has 0 aliphatic carbocycles. The van der Waals surface area contributed by atoms with E-state index in [0.717, 1.165) is 11.1 Å². The van der Waals surface area contributed by atoms with E-state index in [0.29, 0.717) is 22.4 Å². The summed E-state index contributed by atoms with van der Waals surface area (Å²) in [4.78, 5) is 24.7. The molecule has 1 amide bonds. The van der Waals surface area contributed by atoms with Crippen LogP contribution in [-0.2, 0) is 6.42 Å². The zero-order valence-electron chi connectivity index (χ0n) is 15.1. The lowest BCUT2D eigenvalue weighted by atomic mass is 10.0. The first kappa shape index (κ1) is 18.9. The molecule has 0 radical (unpaired) electrons.